The molecule has 0 fully saturated rings. The number of para-hydroxylation sites is 2. The summed E-state index contributed by atoms with van der Waals surface area (Å²) in [5.41, 5.74) is 0.321. The first-order chi connectivity index (χ1) is 11.7. The number of nitrogens with one attached hydrogen (secondary N) is 3. The molecule has 1 rings (SSSR count). The van der Waals surface area contributed by atoms with Crippen molar-refractivity contribution in [3.05, 3.63) is 24.3 Å². The Morgan fingerprint density at radius 3 is 2.56 bits per heavy atom. The van der Waals surface area contributed by atoms with E-state index in [9.17, 15) is 18.3 Å². The third kappa shape index (κ3) is 9.28. The lowest BCUT2D eigenvalue weighted by Crippen LogP contribution is -2.38. The normalized spacial score (nSPS) is 12.7. The summed E-state index contributed by atoms with van der Waals surface area (Å²) in [6.45, 7) is 4.95. The first kappa shape index (κ1) is 21.2. The number of carbonyl (C=O) groups excluding carboxylic acids is 1. The van der Waals surface area contributed by atoms with E-state index < -0.39 is 16.1 Å². The van der Waals surface area contributed by atoms with Gasteiger partial charge in [-0.2, -0.15) is 0 Å². The summed E-state index contributed by atoms with van der Waals surface area (Å²) in [5, 5.41) is 15.7. The number of rotatable bonds is 11. The molecule has 0 saturated carbocycles. The van der Waals surface area contributed by atoms with Gasteiger partial charge in [0.2, 0.25) is 15.9 Å². The molecular weight excluding hydrogens is 346 g/mol. The van der Waals surface area contributed by atoms with Gasteiger partial charge in [0.15, 0.2) is 0 Å². The van der Waals surface area contributed by atoms with Gasteiger partial charge in [-0.05, 0) is 12.1 Å². The lowest BCUT2D eigenvalue weighted by atomic mass is 10.2. The molecule has 0 aliphatic rings. The lowest BCUT2D eigenvalue weighted by Gasteiger charge is -2.16. The molecule has 0 radical (unpaired) electrons. The minimum Gasteiger partial charge on any atom is -0.489 e. The number of benzene rings is 1. The first-order valence-electron chi connectivity index (χ1n) is 8.05. The molecule has 0 aliphatic carbocycles. The quantitative estimate of drug-likeness (QED) is 0.411. The Morgan fingerprint density at radius 2 is 1.92 bits per heavy atom. The average Bonchev–Trinajstić information content (AvgIpc) is 2.52. The number of sulfonamides is 1. The van der Waals surface area contributed by atoms with Gasteiger partial charge in [-0.25, -0.2) is 8.42 Å². The molecule has 142 valence electrons. The fraction of sp³-hybridized carbons (Fsp3) is 0.562. The van der Waals surface area contributed by atoms with Gasteiger partial charge in [0, 0.05) is 25.6 Å². The Labute approximate surface area is 149 Å². The van der Waals surface area contributed by atoms with E-state index in [1.165, 1.54) is 0 Å². The van der Waals surface area contributed by atoms with Crippen LogP contribution in [0.3, 0.4) is 0 Å². The van der Waals surface area contributed by atoms with E-state index in [2.05, 4.69) is 15.4 Å². The van der Waals surface area contributed by atoms with Gasteiger partial charge in [-0.3, -0.25) is 9.52 Å². The van der Waals surface area contributed by atoms with Gasteiger partial charge >= 0.3 is 0 Å². The van der Waals surface area contributed by atoms with Crippen LogP contribution < -0.4 is 20.1 Å². The summed E-state index contributed by atoms with van der Waals surface area (Å²) in [4.78, 5) is 11.4. The summed E-state index contributed by atoms with van der Waals surface area (Å²) in [6.07, 6.45) is 0.285. The Bertz CT molecular complexity index is 649. The van der Waals surface area contributed by atoms with Crippen LogP contribution in [0.1, 0.15) is 13.8 Å². The zero-order valence-corrected chi connectivity index (χ0v) is 15.6. The van der Waals surface area contributed by atoms with Crippen molar-refractivity contribution in [2.45, 2.75) is 20.0 Å². The maximum Gasteiger partial charge on any atom is 0.229 e. The minimum absolute atomic E-state index is 0.00775. The summed E-state index contributed by atoms with van der Waals surface area (Å²) >= 11 is 0. The van der Waals surface area contributed by atoms with Crippen molar-refractivity contribution in [1.82, 2.24) is 10.6 Å². The highest BCUT2D eigenvalue weighted by atomic mass is 32.2. The molecule has 0 aromatic heterocycles. The molecule has 0 spiro atoms. The van der Waals surface area contributed by atoms with Crippen molar-refractivity contribution in [3.8, 4) is 5.75 Å². The molecule has 1 atom stereocenters. The van der Waals surface area contributed by atoms with Gasteiger partial charge in [0.05, 0.1) is 11.9 Å². The molecule has 0 bridgehead atoms. The maximum absolute atomic E-state index is 11.4. The molecule has 1 unspecified atom stereocenters. The third-order valence-electron chi connectivity index (χ3n) is 3.12. The topological polar surface area (TPSA) is 117 Å². The van der Waals surface area contributed by atoms with Crippen molar-refractivity contribution < 1.29 is 23.1 Å². The molecule has 8 nitrogen and oxygen atoms in total. The standard InChI is InChI=1S/C16H27N3O5S/c1-12(2)16(21)18-9-8-17-10-13(20)11-24-15-7-5-4-6-14(15)19-25(3,22)23/h4-7,12-13,17,19-20H,8-11H2,1-3H3,(H,18,21). The predicted octanol–water partition coefficient (Wildman–Crippen LogP) is 0.160. The fourth-order valence-corrected chi connectivity index (χ4v) is 2.44. The molecule has 1 aromatic rings. The van der Waals surface area contributed by atoms with Crippen molar-refractivity contribution in [2.24, 2.45) is 5.92 Å². The Kier molecular flexibility index (Phi) is 8.67. The van der Waals surface area contributed by atoms with Crippen LogP contribution in [-0.4, -0.2) is 58.0 Å². The SMILES string of the molecule is CC(C)C(=O)NCCNCC(O)COc1ccccc1NS(C)(=O)=O. The van der Waals surface area contributed by atoms with Crippen molar-refractivity contribution in [2.75, 3.05) is 37.2 Å². The largest absolute Gasteiger partial charge is 0.489 e. The monoisotopic (exact) mass is 373 g/mol. The Hall–Kier alpha value is -1.84. The first-order valence-corrected chi connectivity index (χ1v) is 9.94. The minimum atomic E-state index is -3.41. The van der Waals surface area contributed by atoms with Crippen molar-refractivity contribution in [1.29, 1.82) is 0 Å². The zero-order chi connectivity index (χ0) is 18.9. The van der Waals surface area contributed by atoms with E-state index in [-0.39, 0.29) is 18.4 Å². The summed E-state index contributed by atoms with van der Waals surface area (Å²) in [7, 11) is -3.41. The fourth-order valence-electron chi connectivity index (χ4n) is 1.87. The summed E-state index contributed by atoms with van der Waals surface area (Å²) in [5.74, 6) is 0.274. The van der Waals surface area contributed by atoms with Crippen LogP contribution in [0.5, 0.6) is 5.75 Å². The molecule has 9 heteroatoms. The van der Waals surface area contributed by atoms with E-state index in [1.807, 2.05) is 13.8 Å². The second kappa shape index (κ2) is 10.2. The average molecular weight is 373 g/mol. The number of aliphatic hydroxyl groups excluding tert-OH is 1. The zero-order valence-electron chi connectivity index (χ0n) is 14.8. The van der Waals surface area contributed by atoms with Crippen molar-refractivity contribution in [3.63, 3.8) is 0 Å². The predicted molar refractivity (Wildman–Crippen MR) is 97.1 cm³/mol. The third-order valence-corrected chi connectivity index (χ3v) is 3.71. The summed E-state index contributed by atoms with van der Waals surface area (Å²) < 4.78 is 30.5. The van der Waals surface area contributed by atoms with Gasteiger partial charge < -0.3 is 20.5 Å². The van der Waals surface area contributed by atoms with Crippen LogP contribution in [-0.2, 0) is 14.8 Å². The number of hydrogen-bond acceptors (Lipinski definition) is 6. The van der Waals surface area contributed by atoms with E-state index in [4.69, 9.17) is 4.74 Å². The van der Waals surface area contributed by atoms with Crippen LogP contribution >= 0.6 is 0 Å². The lowest BCUT2D eigenvalue weighted by molar-refractivity contribution is -0.123. The van der Waals surface area contributed by atoms with Crippen LogP contribution in [0.4, 0.5) is 5.69 Å². The van der Waals surface area contributed by atoms with Crippen LogP contribution in [0.2, 0.25) is 0 Å². The Morgan fingerprint density at radius 1 is 1.24 bits per heavy atom. The Balaban J connectivity index is 2.33. The van der Waals surface area contributed by atoms with Crippen LogP contribution in [0.25, 0.3) is 0 Å². The van der Waals surface area contributed by atoms with E-state index in [0.29, 0.717) is 31.1 Å². The number of carbonyl (C=O) groups is 1. The van der Waals surface area contributed by atoms with Gasteiger partial charge in [-0.1, -0.05) is 26.0 Å². The summed E-state index contributed by atoms with van der Waals surface area (Å²) in [6, 6.07) is 6.60. The van der Waals surface area contributed by atoms with Crippen LogP contribution in [0.15, 0.2) is 24.3 Å². The van der Waals surface area contributed by atoms with Gasteiger partial charge in [0.25, 0.3) is 0 Å². The number of anilines is 1. The van der Waals surface area contributed by atoms with E-state index in [0.717, 1.165) is 6.26 Å². The maximum atomic E-state index is 11.4. The molecule has 4 N–H and O–H groups in total. The second-order valence-electron chi connectivity index (χ2n) is 5.99. The van der Waals surface area contributed by atoms with E-state index >= 15 is 0 Å². The highest BCUT2D eigenvalue weighted by Gasteiger charge is 2.11. The number of ether oxygens (including phenoxy) is 1. The smallest absolute Gasteiger partial charge is 0.229 e. The van der Waals surface area contributed by atoms with E-state index in [1.54, 1.807) is 24.3 Å². The second-order valence-corrected chi connectivity index (χ2v) is 7.73. The molecular formula is C16H27N3O5S. The molecule has 0 heterocycles. The molecule has 1 amide bonds. The number of hydrogen-bond donors (Lipinski definition) is 4. The highest BCUT2D eigenvalue weighted by Crippen LogP contribution is 2.24. The van der Waals surface area contributed by atoms with Crippen molar-refractivity contribution >= 4 is 21.6 Å². The number of amides is 1. The highest BCUT2D eigenvalue weighted by molar-refractivity contribution is 7.92. The molecule has 0 saturated heterocycles. The molecule has 0 aliphatic heterocycles. The molecule has 25 heavy (non-hydrogen) atoms. The van der Waals surface area contributed by atoms with Gasteiger partial charge in [0.1, 0.15) is 18.5 Å². The van der Waals surface area contributed by atoms with Crippen LogP contribution in [0, 0.1) is 5.92 Å². The molecule has 1 aromatic carbocycles. The number of aliphatic hydroxyl groups is 1. The van der Waals surface area contributed by atoms with Gasteiger partial charge in [-0.15, -0.1) is 0 Å².